The maximum atomic E-state index is 6.17. The third-order valence-corrected chi connectivity index (χ3v) is 6.15. The first-order valence-electron chi connectivity index (χ1n) is 6.62. The lowest BCUT2D eigenvalue weighted by atomic mass is 9.58. The molecule has 2 atom stereocenters. The summed E-state index contributed by atoms with van der Waals surface area (Å²) in [6, 6.07) is 2.01. The van der Waals surface area contributed by atoms with E-state index in [9.17, 15) is 0 Å². The second-order valence-electron chi connectivity index (χ2n) is 5.44. The largest absolute Gasteiger partial charge is 0.488 e. The average molecular weight is 375 g/mol. The number of nitrogens with zero attached hydrogens (tertiary/aromatic N) is 1. The Kier molecular flexibility index (Phi) is 3.68. The van der Waals surface area contributed by atoms with Gasteiger partial charge in [0.05, 0.1) is 6.20 Å². The summed E-state index contributed by atoms with van der Waals surface area (Å²) in [5.41, 5.74) is 0.376. The van der Waals surface area contributed by atoms with Crippen molar-refractivity contribution in [3.05, 3.63) is 22.9 Å². The van der Waals surface area contributed by atoms with Crippen LogP contribution in [-0.2, 0) is 0 Å². The number of rotatable bonds is 2. The van der Waals surface area contributed by atoms with Crippen LogP contribution in [0.4, 0.5) is 0 Å². The molecule has 18 heavy (non-hydrogen) atoms. The SMILES string of the molecule is Brc1cncc(OC2CC(Br)C23CCCCC3)c1. The van der Waals surface area contributed by atoms with E-state index in [0.29, 0.717) is 16.3 Å². The van der Waals surface area contributed by atoms with Crippen LogP contribution in [0.5, 0.6) is 5.75 Å². The predicted molar refractivity (Wildman–Crippen MR) is 79.2 cm³/mol. The fraction of sp³-hybridized carbons (Fsp3) is 0.643. The van der Waals surface area contributed by atoms with Crippen LogP contribution in [0.1, 0.15) is 38.5 Å². The highest BCUT2D eigenvalue weighted by Crippen LogP contribution is 2.56. The average Bonchev–Trinajstić information content (AvgIpc) is 2.39. The number of hydrogen-bond donors (Lipinski definition) is 0. The molecule has 2 aliphatic rings. The topological polar surface area (TPSA) is 22.1 Å². The maximum absolute atomic E-state index is 6.17. The molecule has 0 aromatic carbocycles. The Morgan fingerprint density at radius 3 is 2.67 bits per heavy atom. The maximum Gasteiger partial charge on any atom is 0.139 e. The Morgan fingerprint density at radius 2 is 2.00 bits per heavy atom. The molecule has 0 bridgehead atoms. The first kappa shape index (κ1) is 12.9. The van der Waals surface area contributed by atoms with Gasteiger partial charge < -0.3 is 4.74 Å². The van der Waals surface area contributed by atoms with Gasteiger partial charge in [-0.1, -0.05) is 35.2 Å². The molecule has 0 amide bonds. The molecule has 2 saturated carbocycles. The van der Waals surface area contributed by atoms with E-state index < -0.39 is 0 Å². The van der Waals surface area contributed by atoms with Crippen LogP contribution in [0.25, 0.3) is 0 Å². The van der Waals surface area contributed by atoms with Crippen molar-refractivity contribution >= 4 is 31.9 Å². The predicted octanol–water partition coefficient (Wildman–Crippen LogP) is 4.71. The van der Waals surface area contributed by atoms with Gasteiger partial charge in [0.2, 0.25) is 0 Å². The number of aromatic nitrogens is 1. The van der Waals surface area contributed by atoms with Crippen molar-refractivity contribution in [1.82, 2.24) is 4.98 Å². The molecule has 2 aliphatic carbocycles. The summed E-state index contributed by atoms with van der Waals surface area (Å²) < 4.78 is 7.15. The van der Waals surface area contributed by atoms with Crippen LogP contribution in [0.3, 0.4) is 0 Å². The molecular formula is C14H17Br2NO. The second-order valence-corrected chi connectivity index (χ2v) is 7.46. The van der Waals surface area contributed by atoms with Crippen molar-refractivity contribution in [2.24, 2.45) is 5.41 Å². The summed E-state index contributed by atoms with van der Waals surface area (Å²) in [6.07, 6.45) is 11.7. The van der Waals surface area contributed by atoms with E-state index in [1.54, 1.807) is 6.20 Å². The summed E-state index contributed by atoms with van der Waals surface area (Å²) in [5, 5.41) is 0. The van der Waals surface area contributed by atoms with Gasteiger partial charge in [0.25, 0.3) is 0 Å². The number of ether oxygens (including phenoxy) is 1. The molecule has 2 nitrogen and oxygen atoms in total. The van der Waals surface area contributed by atoms with Crippen molar-refractivity contribution in [3.63, 3.8) is 0 Å². The lowest BCUT2D eigenvalue weighted by molar-refractivity contribution is -0.0603. The van der Waals surface area contributed by atoms with E-state index in [2.05, 4.69) is 36.8 Å². The van der Waals surface area contributed by atoms with Gasteiger partial charge in [-0.15, -0.1) is 0 Å². The van der Waals surface area contributed by atoms with Crippen LogP contribution in [0.15, 0.2) is 22.9 Å². The lowest BCUT2D eigenvalue weighted by Gasteiger charge is -2.55. The molecule has 1 aromatic heterocycles. The van der Waals surface area contributed by atoms with E-state index in [4.69, 9.17) is 4.74 Å². The summed E-state index contributed by atoms with van der Waals surface area (Å²) in [5.74, 6) is 0.888. The Hall–Kier alpha value is -0.0900. The Morgan fingerprint density at radius 1 is 1.22 bits per heavy atom. The second kappa shape index (κ2) is 5.12. The highest BCUT2D eigenvalue weighted by Gasteiger charge is 2.55. The molecule has 1 spiro atoms. The summed E-state index contributed by atoms with van der Waals surface area (Å²) >= 11 is 7.28. The minimum atomic E-state index is 0.360. The van der Waals surface area contributed by atoms with Gasteiger partial charge in [-0.25, -0.2) is 0 Å². The van der Waals surface area contributed by atoms with E-state index >= 15 is 0 Å². The molecule has 0 N–H and O–H groups in total. The zero-order chi connectivity index (χ0) is 12.6. The summed E-state index contributed by atoms with van der Waals surface area (Å²) in [4.78, 5) is 4.80. The van der Waals surface area contributed by atoms with E-state index in [1.807, 2.05) is 12.3 Å². The minimum Gasteiger partial charge on any atom is -0.488 e. The van der Waals surface area contributed by atoms with Crippen LogP contribution in [-0.4, -0.2) is 15.9 Å². The quantitative estimate of drug-likeness (QED) is 0.699. The van der Waals surface area contributed by atoms with Gasteiger partial charge in [-0.05, 0) is 41.3 Å². The van der Waals surface area contributed by atoms with Crippen molar-refractivity contribution in [1.29, 1.82) is 0 Å². The Labute approximate surface area is 125 Å². The highest BCUT2D eigenvalue weighted by atomic mass is 79.9. The Balaban J connectivity index is 1.73. The standard InChI is InChI=1S/C14H17Br2NO/c15-10-6-11(9-17-8-10)18-13-7-12(16)14(13)4-2-1-3-5-14/h6,8-9,12-13H,1-5,7H2. The third-order valence-electron chi connectivity index (χ3n) is 4.43. The molecular weight excluding hydrogens is 358 g/mol. The van der Waals surface area contributed by atoms with Gasteiger partial charge in [0.1, 0.15) is 11.9 Å². The van der Waals surface area contributed by atoms with Crippen LogP contribution >= 0.6 is 31.9 Å². The molecule has 2 unspecified atom stereocenters. The highest BCUT2D eigenvalue weighted by molar-refractivity contribution is 9.10. The van der Waals surface area contributed by atoms with Crippen molar-refractivity contribution < 1.29 is 4.74 Å². The fourth-order valence-electron chi connectivity index (χ4n) is 3.33. The van der Waals surface area contributed by atoms with Crippen molar-refractivity contribution in [3.8, 4) is 5.75 Å². The van der Waals surface area contributed by atoms with Gasteiger partial charge in [-0.3, -0.25) is 4.98 Å². The minimum absolute atomic E-state index is 0.360. The van der Waals surface area contributed by atoms with Crippen molar-refractivity contribution in [2.75, 3.05) is 0 Å². The number of alkyl halides is 1. The zero-order valence-electron chi connectivity index (χ0n) is 10.2. The third kappa shape index (κ3) is 2.22. The molecule has 0 saturated heterocycles. The molecule has 2 fully saturated rings. The number of halogens is 2. The first-order chi connectivity index (χ1) is 8.71. The first-order valence-corrected chi connectivity index (χ1v) is 8.33. The molecule has 1 aromatic rings. The van der Waals surface area contributed by atoms with E-state index in [0.717, 1.165) is 16.6 Å². The summed E-state index contributed by atoms with van der Waals surface area (Å²) in [7, 11) is 0. The molecule has 4 heteroatoms. The summed E-state index contributed by atoms with van der Waals surface area (Å²) in [6.45, 7) is 0. The number of hydrogen-bond acceptors (Lipinski definition) is 2. The molecule has 0 aliphatic heterocycles. The monoisotopic (exact) mass is 373 g/mol. The fourth-order valence-corrected chi connectivity index (χ4v) is 4.77. The van der Waals surface area contributed by atoms with Crippen LogP contribution in [0, 0.1) is 5.41 Å². The van der Waals surface area contributed by atoms with E-state index in [-0.39, 0.29) is 0 Å². The van der Waals surface area contributed by atoms with Gasteiger partial charge in [0, 0.05) is 20.9 Å². The van der Waals surface area contributed by atoms with Gasteiger partial charge >= 0.3 is 0 Å². The normalized spacial score (nSPS) is 29.9. The molecule has 98 valence electrons. The van der Waals surface area contributed by atoms with Gasteiger partial charge in [0.15, 0.2) is 0 Å². The smallest absolute Gasteiger partial charge is 0.139 e. The number of pyridine rings is 1. The molecule has 3 rings (SSSR count). The lowest BCUT2D eigenvalue weighted by Crippen LogP contribution is -2.57. The van der Waals surface area contributed by atoms with Gasteiger partial charge in [-0.2, -0.15) is 0 Å². The van der Waals surface area contributed by atoms with E-state index in [1.165, 1.54) is 32.1 Å². The van der Waals surface area contributed by atoms with Crippen LogP contribution < -0.4 is 4.74 Å². The van der Waals surface area contributed by atoms with Crippen LogP contribution in [0.2, 0.25) is 0 Å². The van der Waals surface area contributed by atoms with Crippen molar-refractivity contribution in [2.45, 2.75) is 49.5 Å². The molecule has 1 heterocycles. The Bertz CT molecular complexity index is 432. The zero-order valence-corrected chi connectivity index (χ0v) is 13.4. The molecule has 0 radical (unpaired) electrons.